The maximum Gasteiger partial charge on any atom is 0.335 e. The number of aromatic nitrogens is 2. The predicted molar refractivity (Wildman–Crippen MR) is 94.7 cm³/mol. The minimum atomic E-state index is -0.937. The summed E-state index contributed by atoms with van der Waals surface area (Å²) in [5.41, 5.74) is 4.13. The highest BCUT2D eigenvalue weighted by molar-refractivity contribution is 5.97. The number of carboxylic acid groups (broad SMARTS) is 1. The van der Waals surface area contributed by atoms with Crippen LogP contribution in [0.5, 0.6) is 0 Å². The molecule has 0 atom stereocenters. The Labute approximate surface area is 140 Å². The Hall–Kier alpha value is -2.95. The summed E-state index contributed by atoms with van der Waals surface area (Å²) < 4.78 is 0. The first kappa shape index (κ1) is 15.9. The molecule has 0 aliphatic rings. The summed E-state index contributed by atoms with van der Waals surface area (Å²) >= 11 is 0. The van der Waals surface area contributed by atoms with Gasteiger partial charge in [0.2, 0.25) is 0 Å². The Kier molecular flexibility index (Phi) is 4.42. The number of hydrogen-bond donors (Lipinski definition) is 1. The van der Waals surface area contributed by atoms with Crippen LogP contribution in [0.2, 0.25) is 0 Å². The van der Waals surface area contributed by atoms with E-state index in [2.05, 4.69) is 14.9 Å². The highest BCUT2D eigenvalue weighted by Crippen LogP contribution is 2.27. The lowest BCUT2D eigenvalue weighted by Gasteiger charge is -2.22. The van der Waals surface area contributed by atoms with Crippen LogP contribution in [0.25, 0.3) is 10.9 Å². The monoisotopic (exact) mass is 321 g/mol. The molecule has 3 aromatic rings. The van der Waals surface area contributed by atoms with Gasteiger partial charge in [0.05, 0.1) is 11.1 Å². The molecule has 0 aliphatic carbocycles. The number of aromatic carboxylic acids is 1. The maximum absolute atomic E-state index is 11.2. The Morgan fingerprint density at radius 1 is 1.17 bits per heavy atom. The number of hydrogen-bond acceptors (Lipinski definition) is 4. The lowest BCUT2D eigenvalue weighted by molar-refractivity contribution is 0.0697. The zero-order valence-electron chi connectivity index (χ0n) is 13.7. The van der Waals surface area contributed by atoms with Gasteiger partial charge < -0.3 is 10.0 Å². The smallest absolute Gasteiger partial charge is 0.335 e. The van der Waals surface area contributed by atoms with Crippen molar-refractivity contribution in [1.29, 1.82) is 0 Å². The van der Waals surface area contributed by atoms with E-state index in [0.29, 0.717) is 5.52 Å². The van der Waals surface area contributed by atoms with Crippen LogP contribution in [0.1, 0.15) is 21.6 Å². The standard InChI is InChI=1S/C19H19N3O2/c1-13-11-18(22(2)10-7-14-5-8-20-9-6-14)16-4-3-15(19(23)24)12-17(16)21-13/h3-6,8-9,11-12H,7,10H2,1-2H3,(H,23,24). The fourth-order valence-corrected chi connectivity index (χ4v) is 2.75. The van der Waals surface area contributed by atoms with E-state index in [1.165, 1.54) is 5.56 Å². The number of benzene rings is 1. The predicted octanol–water partition coefficient (Wildman–Crippen LogP) is 3.32. The van der Waals surface area contributed by atoms with Gasteiger partial charge in [0.1, 0.15) is 0 Å². The zero-order chi connectivity index (χ0) is 17.1. The molecule has 0 aliphatic heterocycles. The molecule has 0 bridgehead atoms. The molecule has 122 valence electrons. The van der Waals surface area contributed by atoms with Gasteiger partial charge in [0, 0.05) is 42.8 Å². The van der Waals surface area contributed by atoms with Crippen LogP contribution in [-0.4, -0.2) is 34.6 Å². The van der Waals surface area contributed by atoms with E-state index < -0.39 is 5.97 Å². The zero-order valence-corrected chi connectivity index (χ0v) is 13.7. The molecular formula is C19H19N3O2. The third-order valence-electron chi connectivity index (χ3n) is 4.06. The first-order valence-corrected chi connectivity index (χ1v) is 7.79. The molecule has 0 saturated heterocycles. The topological polar surface area (TPSA) is 66.3 Å². The number of anilines is 1. The Balaban J connectivity index is 1.91. The van der Waals surface area contributed by atoms with Gasteiger partial charge >= 0.3 is 5.97 Å². The molecule has 0 unspecified atom stereocenters. The normalized spacial score (nSPS) is 10.8. The summed E-state index contributed by atoms with van der Waals surface area (Å²) in [6.07, 6.45) is 4.51. The van der Waals surface area contributed by atoms with E-state index in [0.717, 1.165) is 29.7 Å². The largest absolute Gasteiger partial charge is 0.478 e. The van der Waals surface area contributed by atoms with Gasteiger partial charge in [-0.2, -0.15) is 0 Å². The third kappa shape index (κ3) is 3.35. The van der Waals surface area contributed by atoms with E-state index >= 15 is 0 Å². The average molecular weight is 321 g/mol. The van der Waals surface area contributed by atoms with E-state index in [1.807, 2.05) is 38.2 Å². The molecule has 0 amide bonds. The molecule has 5 nitrogen and oxygen atoms in total. The number of likely N-dealkylation sites (N-methyl/N-ethyl adjacent to an activating group) is 1. The number of pyridine rings is 2. The lowest BCUT2D eigenvalue weighted by Crippen LogP contribution is -2.21. The van der Waals surface area contributed by atoms with Crippen LogP contribution >= 0.6 is 0 Å². The second kappa shape index (κ2) is 6.66. The maximum atomic E-state index is 11.2. The highest BCUT2D eigenvalue weighted by atomic mass is 16.4. The van der Waals surface area contributed by atoms with Gasteiger partial charge in [-0.3, -0.25) is 9.97 Å². The second-order valence-corrected chi connectivity index (χ2v) is 5.85. The molecule has 0 spiro atoms. The Morgan fingerprint density at radius 3 is 2.62 bits per heavy atom. The van der Waals surface area contributed by atoms with E-state index in [4.69, 9.17) is 5.11 Å². The van der Waals surface area contributed by atoms with Gasteiger partial charge in [-0.05, 0) is 55.3 Å². The molecule has 0 radical (unpaired) electrons. The van der Waals surface area contributed by atoms with Crippen LogP contribution in [0.15, 0.2) is 48.8 Å². The molecule has 1 N–H and O–H groups in total. The summed E-state index contributed by atoms with van der Waals surface area (Å²) in [4.78, 5) is 21.9. The molecule has 2 aromatic heterocycles. The van der Waals surface area contributed by atoms with Crippen LogP contribution in [0.3, 0.4) is 0 Å². The van der Waals surface area contributed by atoms with Crippen molar-refractivity contribution in [1.82, 2.24) is 9.97 Å². The van der Waals surface area contributed by atoms with Crippen molar-refractivity contribution >= 4 is 22.6 Å². The van der Waals surface area contributed by atoms with Crippen LogP contribution in [0.4, 0.5) is 5.69 Å². The molecule has 0 fully saturated rings. The van der Waals surface area contributed by atoms with Crippen molar-refractivity contribution in [2.75, 3.05) is 18.5 Å². The Bertz CT molecular complexity index is 878. The summed E-state index contributed by atoms with van der Waals surface area (Å²) in [6, 6.07) is 11.2. The molecule has 1 aromatic carbocycles. The number of carbonyl (C=O) groups is 1. The van der Waals surface area contributed by atoms with Gasteiger partial charge in [-0.25, -0.2) is 4.79 Å². The fourth-order valence-electron chi connectivity index (χ4n) is 2.75. The van der Waals surface area contributed by atoms with E-state index in [9.17, 15) is 4.79 Å². The number of carboxylic acids is 1. The number of rotatable bonds is 5. The summed E-state index contributed by atoms with van der Waals surface area (Å²) in [5, 5.41) is 10.1. The minimum absolute atomic E-state index is 0.256. The lowest BCUT2D eigenvalue weighted by atomic mass is 10.1. The van der Waals surface area contributed by atoms with Crippen molar-refractivity contribution < 1.29 is 9.90 Å². The molecule has 5 heteroatoms. The van der Waals surface area contributed by atoms with Crippen LogP contribution < -0.4 is 4.90 Å². The molecule has 0 saturated carbocycles. The molecule has 2 heterocycles. The van der Waals surface area contributed by atoms with Gasteiger partial charge in [0.15, 0.2) is 0 Å². The van der Waals surface area contributed by atoms with Gasteiger partial charge in [0.25, 0.3) is 0 Å². The first-order valence-electron chi connectivity index (χ1n) is 7.79. The molecule has 3 rings (SSSR count). The second-order valence-electron chi connectivity index (χ2n) is 5.85. The number of nitrogens with zero attached hydrogens (tertiary/aromatic N) is 3. The van der Waals surface area contributed by atoms with Crippen molar-refractivity contribution in [2.24, 2.45) is 0 Å². The highest BCUT2D eigenvalue weighted by Gasteiger charge is 2.11. The van der Waals surface area contributed by atoms with Crippen molar-refractivity contribution in [3.05, 3.63) is 65.6 Å². The quantitative estimate of drug-likeness (QED) is 0.781. The van der Waals surface area contributed by atoms with Gasteiger partial charge in [-0.15, -0.1) is 0 Å². The van der Waals surface area contributed by atoms with E-state index in [-0.39, 0.29) is 5.56 Å². The van der Waals surface area contributed by atoms with Crippen LogP contribution in [-0.2, 0) is 6.42 Å². The number of fused-ring (bicyclic) bond motifs is 1. The van der Waals surface area contributed by atoms with Gasteiger partial charge in [-0.1, -0.05) is 0 Å². The Morgan fingerprint density at radius 2 is 1.92 bits per heavy atom. The van der Waals surface area contributed by atoms with Crippen molar-refractivity contribution in [2.45, 2.75) is 13.3 Å². The van der Waals surface area contributed by atoms with Crippen molar-refractivity contribution in [3.63, 3.8) is 0 Å². The minimum Gasteiger partial charge on any atom is -0.478 e. The first-order chi connectivity index (χ1) is 11.5. The SMILES string of the molecule is Cc1cc(N(C)CCc2ccncc2)c2ccc(C(=O)O)cc2n1. The van der Waals surface area contributed by atoms with Crippen LogP contribution in [0, 0.1) is 6.92 Å². The number of aryl methyl sites for hydroxylation is 1. The van der Waals surface area contributed by atoms with E-state index in [1.54, 1.807) is 24.5 Å². The third-order valence-corrected chi connectivity index (χ3v) is 4.06. The molecular weight excluding hydrogens is 302 g/mol. The van der Waals surface area contributed by atoms with Crippen molar-refractivity contribution in [3.8, 4) is 0 Å². The average Bonchev–Trinajstić information content (AvgIpc) is 2.59. The fraction of sp³-hybridized carbons (Fsp3) is 0.211. The summed E-state index contributed by atoms with van der Waals surface area (Å²) in [5.74, 6) is -0.937. The summed E-state index contributed by atoms with van der Waals surface area (Å²) in [7, 11) is 2.04. The molecule has 24 heavy (non-hydrogen) atoms. The summed E-state index contributed by atoms with van der Waals surface area (Å²) in [6.45, 7) is 2.77.